The molecule has 0 radical (unpaired) electrons. The lowest BCUT2D eigenvalue weighted by atomic mass is 9.99. The zero-order valence-corrected chi connectivity index (χ0v) is 10.8. The molecule has 0 heterocycles. The Morgan fingerprint density at radius 2 is 1.76 bits per heavy atom. The van der Waals surface area contributed by atoms with E-state index >= 15 is 0 Å². The van der Waals surface area contributed by atoms with E-state index in [1.807, 2.05) is 24.3 Å². The summed E-state index contributed by atoms with van der Waals surface area (Å²) in [5.74, 6) is 0. The van der Waals surface area contributed by atoms with Crippen LogP contribution in [0.3, 0.4) is 0 Å². The van der Waals surface area contributed by atoms with Crippen molar-refractivity contribution in [2.75, 3.05) is 7.11 Å². The van der Waals surface area contributed by atoms with E-state index in [-0.39, 0.29) is 0 Å². The van der Waals surface area contributed by atoms with Crippen LogP contribution in [0.4, 0.5) is 0 Å². The first kappa shape index (κ1) is 11.8. The quantitative estimate of drug-likeness (QED) is 0.737. The second kappa shape index (κ2) is 5.11. The predicted molar refractivity (Wildman–Crippen MR) is 75.3 cm³/mol. The van der Waals surface area contributed by atoms with E-state index in [4.69, 9.17) is 17.0 Å². The molecule has 86 valence electrons. The van der Waals surface area contributed by atoms with Gasteiger partial charge in [0.05, 0.1) is 7.11 Å². The number of thiocarbonyl (C=S) groups is 1. The molecule has 2 aromatic carbocycles. The first-order valence-corrected chi connectivity index (χ1v) is 5.87. The molecule has 0 fully saturated rings. The molecule has 1 nitrogen and oxygen atoms in total. The Hall–Kier alpha value is -1.67. The van der Waals surface area contributed by atoms with E-state index in [2.05, 4.69) is 31.2 Å². The predicted octanol–water partition coefficient (Wildman–Crippen LogP) is 3.98. The van der Waals surface area contributed by atoms with Gasteiger partial charge in [-0.2, -0.15) is 0 Å². The van der Waals surface area contributed by atoms with Crippen LogP contribution in [0.2, 0.25) is 0 Å². The summed E-state index contributed by atoms with van der Waals surface area (Å²) < 4.78 is 5.07. The summed E-state index contributed by atoms with van der Waals surface area (Å²) in [5, 5.41) is 0.535. The molecule has 0 saturated carbocycles. The second-order valence-electron chi connectivity index (χ2n) is 3.89. The van der Waals surface area contributed by atoms with Crippen LogP contribution in [-0.2, 0) is 4.74 Å². The molecule has 0 aliphatic carbocycles. The molecular formula is C15H14OS. The zero-order valence-electron chi connectivity index (χ0n) is 9.94. The Balaban J connectivity index is 2.42. The van der Waals surface area contributed by atoms with Crippen LogP contribution in [0, 0.1) is 6.92 Å². The molecule has 2 aromatic rings. The van der Waals surface area contributed by atoms with Crippen molar-refractivity contribution < 1.29 is 4.74 Å². The van der Waals surface area contributed by atoms with Gasteiger partial charge in [-0.25, -0.2) is 0 Å². The smallest absolute Gasteiger partial charge is 0.190 e. The number of aryl methyl sites for hydroxylation is 1. The Morgan fingerprint density at radius 3 is 2.35 bits per heavy atom. The highest BCUT2D eigenvalue weighted by atomic mass is 32.1. The highest BCUT2D eigenvalue weighted by molar-refractivity contribution is 7.80. The lowest BCUT2D eigenvalue weighted by Crippen LogP contribution is -2.00. The minimum Gasteiger partial charge on any atom is -0.486 e. The Labute approximate surface area is 107 Å². The molecule has 0 saturated heterocycles. The molecule has 17 heavy (non-hydrogen) atoms. The summed E-state index contributed by atoms with van der Waals surface area (Å²) in [5.41, 5.74) is 4.61. The molecule has 0 bridgehead atoms. The fourth-order valence-corrected chi connectivity index (χ4v) is 1.98. The molecular weight excluding hydrogens is 228 g/mol. The average molecular weight is 242 g/mol. The van der Waals surface area contributed by atoms with Gasteiger partial charge in [0.25, 0.3) is 0 Å². The first-order valence-electron chi connectivity index (χ1n) is 5.47. The second-order valence-corrected chi connectivity index (χ2v) is 4.26. The van der Waals surface area contributed by atoms with Crippen molar-refractivity contribution in [2.24, 2.45) is 0 Å². The summed E-state index contributed by atoms with van der Waals surface area (Å²) in [7, 11) is 1.60. The third-order valence-electron chi connectivity index (χ3n) is 2.73. The molecule has 0 amide bonds. The summed E-state index contributed by atoms with van der Waals surface area (Å²) >= 11 is 5.12. The number of hydrogen-bond acceptors (Lipinski definition) is 2. The molecule has 0 aromatic heterocycles. The van der Waals surface area contributed by atoms with Crippen LogP contribution in [0.5, 0.6) is 0 Å². The van der Waals surface area contributed by atoms with Gasteiger partial charge in [0.2, 0.25) is 0 Å². The maximum Gasteiger partial charge on any atom is 0.190 e. The van der Waals surface area contributed by atoms with Gasteiger partial charge in [-0.05, 0) is 48.0 Å². The van der Waals surface area contributed by atoms with Crippen LogP contribution < -0.4 is 0 Å². The van der Waals surface area contributed by atoms with E-state index in [0.29, 0.717) is 5.05 Å². The first-order chi connectivity index (χ1) is 8.22. The lowest BCUT2D eigenvalue weighted by Gasteiger charge is -2.09. The van der Waals surface area contributed by atoms with E-state index in [1.54, 1.807) is 7.11 Å². The van der Waals surface area contributed by atoms with Crippen LogP contribution in [0.1, 0.15) is 11.1 Å². The maximum absolute atomic E-state index is 5.12. The Kier molecular flexibility index (Phi) is 3.55. The molecule has 0 aliphatic rings. The van der Waals surface area contributed by atoms with Crippen LogP contribution >= 0.6 is 12.2 Å². The molecule has 0 atom stereocenters. The minimum absolute atomic E-state index is 0.535. The van der Waals surface area contributed by atoms with Gasteiger partial charge in [-0.15, -0.1) is 0 Å². The summed E-state index contributed by atoms with van der Waals surface area (Å²) in [6.45, 7) is 2.09. The third-order valence-corrected chi connectivity index (χ3v) is 3.13. The van der Waals surface area contributed by atoms with Crippen molar-refractivity contribution in [2.45, 2.75) is 6.92 Å². The number of methoxy groups -OCH3 is 1. The standard InChI is InChI=1S/C15H14OS/c1-11-10-13(15(17)16-2)8-9-14(11)12-6-4-3-5-7-12/h3-10H,1-2H3. The maximum atomic E-state index is 5.12. The van der Waals surface area contributed by atoms with Gasteiger partial charge in [0, 0.05) is 5.56 Å². The molecule has 0 N–H and O–H groups in total. The van der Waals surface area contributed by atoms with Gasteiger partial charge < -0.3 is 4.74 Å². The summed E-state index contributed by atoms with van der Waals surface area (Å²) in [6, 6.07) is 16.5. The molecule has 0 unspecified atom stereocenters. The van der Waals surface area contributed by atoms with Crippen molar-refractivity contribution in [1.82, 2.24) is 0 Å². The van der Waals surface area contributed by atoms with Crippen molar-refractivity contribution >= 4 is 17.3 Å². The van der Waals surface area contributed by atoms with Gasteiger partial charge in [-0.3, -0.25) is 0 Å². The Bertz CT molecular complexity index is 532. The van der Waals surface area contributed by atoms with E-state index in [1.165, 1.54) is 16.7 Å². The average Bonchev–Trinajstić information content (AvgIpc) is 2.38. The number of hydrogen-bond donors (Lipinski definition) is 0. The van der Waals surface area contributed by atoms with Crippen molar-refractivity contribution in [3.05, 3.63) is 59.7 Å². The molecule has 0 aliphatic heterocycles. The van der Waals surface area contributed by atoms with Crippen LogP contribution in [0.25, 0.3) is 11.1 Å². The number of rotatable bonds is 2. The summed E-state index contributed by atoms with van der Waals surface area (Å²) in [6.07, 6.45) is 0. The summed E-state index contributed by atoms with van der Waals surface area (Å²) in [4.78, 5) is 0. The largest absolute Gasteiger partial charge is 0.486 e. The van der Waals surface area contributed by atoms with Gasteiger partial charge in [0.1, 0.15) is 0 Å². The highest BCUT2D eigenvalue weighted by Crippen LogP contribution is 2.24. The van der Waals surface area contributed by atoms with Gasteiger partial charge in [-0.1, -0.05) is 36.4 Å². The zero-order chi connectivity index (χ0) is 12.3. The van der Waals surface area contributed by atoms with E-state index in [9.17, 15) is 0 Å². The topological polar surface area (TPSA) is 9.23 Å². The van der Waals surface area contributed by atoms with Crippen molar-refractivity contribution in [3.63, 3.8) is 0 Å². The lowest BCUT2D eigenvalue weighted by molar-refractivity contribution is 0.416. The fourth-order valence-electron chi connectivity index (χ4n) is 1.85. The monoisotopic (exact) mass is 242 g/mol. The Morgan fingerprint density at radius 1 is 1.06 bits per heavy atom. The SMILES string of the molecule is COC(=S)c1ccc(-c2ccccc2)c(C)c1. The number of benzene rings is 2. The fraction of sp³-hybridized carbons (Fsp3) is 0.133. The highest BCUT2D eigenvalue weighted by Gasteiger charge is 2.05. The van der Waals surface area contributed by atoms with Crippen LogP contribution in [0.15, 0.2) is 48.5 Å². The normalized spacial score (nSPS) is 10.0. The molecule has 2 rings (SSSR count). The van der Waals surface area contributed by atoms with Crippen molar-refractivity contribution in [1.29, 1.82) is 0 Å². The van der Waals surface area contributed by atoms with Gasteiger partial charge >= 0.3 is 0 Å². The molecule has 2 heteroatoms. The third kappa shape index (κ3) is 2.53. The van der Waals surface area contributed by atoms with Crippen molar-refractivity contribution in [3.8, 4) is 11.1 Å². The minimum atomic E-state index is 0.535. The number of ether oxygens (including phenoxy) is 1. The van der Waals surface area contributed by atoms with Gasteiger partial charge in [0.15, 0.2) is 5.05 Å². The van der Waals surface area contributed by atoms with Crippen LogP contribution in [-0.4, -0.2) is 12.2 Å². The van der Waals surface area contributed by atoms with E-state index < -0.39 is 0 Å². The van der Waals surface area contributed by atoms with E-state index in [0.717, 1.165) is 5.56 Å². The molecule has 0 spiro atoms.